The third kappa shape index (κ3) is 5.62. The molecule has 0 heterocycles. The molecule has 7 heteroatoms. The van der Waals surface area contributed by atoms with Crippen molar-refractivity contribution in [1.82, 2.24) is 10.2 Å². The Morgan fingerprint density at radius 3 is 2.39 bits per heavy atom. The van der Waals surface area contributed by atoms with E-state index in [-0.39, 0.29) is 18.7 Å². The average Bonchev–Trinajstić information content (AvgIpc) is 2.33. The van der Waals surface area contributed by atoms with Gasteiger partial charge in [-0.1, -0.05) is 0 Å². The standard InChI is InChI=1S/C11H21N3O4/c1-4-14(3)11(18)7(2)13-10(17)8(12)5-6-9(15)16/h7-8H,4-6,12H2,1-3H3,(H,13,17)(H,15,16). The van der Waals surface area contributed by atoms with Gasteiger partial charge in [0.2, 0.25) is 11.8 Å². The fraction of sp³-hybridized carbons (Fsp3) is 0.727. The summed E-state index contributed by atoms with van der Waals surface area (Å²) in [5.41, 5.74) is 5.52. The topological polar surface area (TPSA) is 113 Å². The van der Waals surface area contributed by atoms with Crippen LogP contribution < -0.4 is 11.1 Å². The highest BCUT2D eigenvalue weighted by atomic mass is 16.4. The highest BCUT2D eigenvalue weighted by molar-refractivity contribution is 5.89. The summed E-state index contributed by atoms with van der Waals surface area (Å²) in [6, 6.07) is -1.58. The van der Waals surface area contributed by atoms with Crippen LogP contribution >= 0.6 is 0 Å². The number of carboxylic acid groups (broad SMARTS) is 1. The molecule has 0 saturated heterocycles. The minimum absolute atomic E-state index is 0.0473. The summed E-state index contributed by atoms with van der Waals surface area (Å²) in [6.45, 7) is 3.94. The fourth-order valence-electron chi connectivity index (χ4n) is 1.28. The van der Waals surface area contributed by atoms with Crippen molar-refractivity contribution in [2.24, 2.45) is 5.73 Å². The summed E-state index contributed by atoms with van der Waals surface area (Å²) < 4.78 is 0. The van der Waals surface area contributed by atoms with Gasteiger partial charge in [0.1, 0.15) is 6.04 Å². The second-order valence-electron chi connectivity index (χ2n) is 4.12. The summed E-state index contributed by atoms with van der Waals surface area (Å²) in [4.78, 5) is 35.1. The van der Waals surface area contributed by atoms with Crippen molar-refractivity contribution in [1.29, 1.82) is 0 Å². The van der Waals surface area contributed by atoms with Crippen LogP contribution in [0.2, 0.25) is 0 Å². The van der Waals surface area contributed by atoms with Crippen LogP contribution in [-0.2, 0) is 14.4 Å². The first kappa shape index (κ1) is 16.4. The number of carbonyl (C=O) groups is 3. The monoisotopic (exact) mass is 259 g/mol. The molecule has 0 aromatic carbocycles. The maximum absolute atomic E-state index is 11.7. The number of nitrogens with zero attached hydrogens (tertiary/aromatic N) is 1. The zero-order valence-electron chi connectivity index (χ0n) is 11.0. The van der Waals surface area contributed by atoms with E-state index in [4.69, 9.17) is 10.8 Å². The largest absolute Gasteiger partial charge is 0.481 e. The average molecular weight is 259 g/mol. The molecule has 0 saturated carbocycles. The molecule has 0 bridgehead atoms. The van der Waals surface area contributed by atoms with Crippen molar-refractivity contribution in [3.05, 3.63) is 0 Å². The van der Waals surface area contributed by atoms with Crippen molar-refractivity contribution < 1.29 is 19.5 Å². The SMILES string of the molecule is CCN(C)C(=O)C(C)NC(=O)C(N)CCC(=O)O. The first-order valence-electron chi connectivity index (χ1n) is 5.82. The van der Waals surface area contributed by atoms with E-state index in [1.807, 2.05) is 6.92 Å². The maximum atomic E-state index is 11.7. The molecular formula is C11H21N3O4. The fourth-order valence-corrected chi connectivity index (χ4v) is 1.28. The third-order valence-corrected chi connectivity index (χ3v) is 2.59. The van der Waals surface area contributed by atoms with Crippen molar-refractivity contribution >= 4 is 17.8 Å². The Bertz CT molecular complexity index is 319. The Morgan fingerprint density at radius 2 is 1.94 bits per heavy atom. The molecule has 104 valence electrons. The molecule has 18 heavy (non-hydrogen) atoms. The molecule has 0 rings (SSSR count). The molecule has 0 aliphatic rings. The molecule has 2 unspecified atom stereocenters. The van der Waals surface area contributed by atoms with Gasteiger partial charge in [-0.25, -0.2) is 0 Å². The third-order valence-electron chi connectivity index (χ3n) is 2.59. The van der Waals surface area contributed by atoms with Crippen molar-refractivity contribution in [2.45, 2.75) is 38.8 Å². The van der Waals surface area contributed by atoms with Crippen LogP contribution in [0.5, 0.6) is 0 Å². The van der Waals surface area contributed by atoms with Gasteiger partial charge < -0.3 is 21.1 Å². The molecular weight excluding hydrogens is 238 g/mol. The number of hydrogen-bond donors (Lipinski definition) is 3. The molecule has 7 nitrogen and oxygen atoms in total. The van der Waals surface area contributed by atoms with Crippen LogP contribution in [0.25, 0.3) is 0 Å². The van der Waals surface area contributed by atoms with E-state index >= 15 is 0 Å². The minimum Gasteiger partial charge on any atom is -0.481 e. The molecule has 2 atom stereocenters. The highest BCUT2D eigenvalue weighted by Crippen LogP contribution is 1.97. The Morgan fingerprint density at radius 1 is 1.39 bits per heavy atom. The predicted molar refractivity (Wildman–Crippen MR) is 65.8 cm³/mol. The number of carbonyl (C=O) groups excluding carboxylic acids is 2. The zero-order valence-corrected chi connectivity index (χ0v) is 11.0. The smallest absolute Gasteiger partial charge is 0.303 e. The summed E-state index contributed by atoms with van der Waals surface area (Å²) in [7, 11) is 1.63. The summed E-state index contributed by atoms with van der Waals surface area (Å²) in [5.74, 6) is -1.73. The van der Waals surface area contributed by atoms with Crippen LogP contribution in [0.1, 0.15) is 26.7 Å². The first-order chi connectivity index (χ1) is 8.29. The minimum atomic E-state index is -1.01. The zero-order chi connectivity index (χ0) is 14.3. The van der Waals surface area contributed by atoms with Gasteiger partial charge >= 0.3 is 5.97 Å². The van der Waals surface area contributed by atoms with Gasteiger partial charge in [-0.15, -0.1) is 0 Å². The van der Waals surface area contributed by atoms with Crippen LogP contribution in [0, 0.1) is 0 Å². The number of nitrogens with two attached hydrogens (primary N) is 1. The van der Waals surface area contributed by atoms with Crippen LogP contribution in [0.3, 0.4) is 0 Å². The van der Waals surface area contributed by atoms with Crippen LogP contribution in [-0.4, -0.2) is 53.5 Å². The molecule has 0 spiro atoms. The highest BCUT2D eigenvalue weighted by Gasteiger charge is 2.22. The Kier molecular flexibility index (Phi) is 6.96. The first-order valence-corrected chi connectivity index (χ1v) is 5.82. The number of amides is 2. The van der Waals surface area contributed by atoms with Gasteiger partial charge in [0, 0.05) is 20.0 Å². The lowest BCUT2D eigenvalue weighted by molar-refractivity contribution is -0.138. The molecule has 0 aliphatic heterocycles. The predicted octanol–water partition coefficient (Wildman–Crippen LogP) is -0.838. The molecule has 0 fully saturated rings. The Hall–Kier alpha value is -1.63. The van der Waals surface area contributed by atoms with E-state index in [0.29, 0.717) is 6.54 Å². The van der Waals surface area contributed by atoms with Gasteiger partial charge in [-0.05, 0) is 20.3 Å². The summed E-state index contributed by atoms with van der Waals surface area (Å²) >= 11 is 0. The summed E-state index contributed by atoms with van der Waals surface area (Å²) in [6.07, 6.45) is -0.128. The lowest BCUT2D eigenvalue weighted by atomic mass is 10.1. The van der Waals surface area contributed by atoms with E-state index in [1.165, 1.54) is 4.90 Å². The van der Waals surface area contributed by atoms with Crippen molar-refractivity contribution in [3.63, 3.8) is 0 Å². The maximum Gasteiger partial charge on any atom is 0.303 e. The van der Waals surface area contributed by atoms with Gasteiger partial charge in [-0.2, -0.15) is 0 Å². The van der Waals surface area contributed by atoms with Crippen LogP contribution in [0.4, 0.5) is 0 Å². The molecule has 0 aromatic heterocycles. The van der Waals surface area contributed by atoms with Gasteiger partial charge in [0.15, 0.2) is 0 Å². The Balaban J connectivity index is 4.21. The van der Waals surface area contributed by atoms with Crippen molar-refractivity contribution in [3.8, 4) is 0 Å². The second kappa shape index (κ2) is 7.65. The van der Waals surface area contributed by atoms with E-state index in [2.05, 4.69) is 5.32 Å². The summed E-state index contributed by atoms with van der Waals surface area (Å²) in [5, 5.41) is 10.9. The number of carboxylic acids is 1. The molecule has 0 aromatic rings. The number of likely N-dealkylation sites (N-methyl/N-ethyl adjacent to an activating group) is 1. The lowest BCUT2D eigenvalue weighted by Gasteiger charge is -2.21. The Labute approximate surface area is 106 Å². The van der Waals surface area contributed by atoms with E-state index < -0.39 is 24.0 Å². The molecule has 4 N–H and O–H groups in total. The lowest BCUT2D eigenvalue weighted by Crippen LogP contribution is -2.50. The number of nitrogens with one attached hydrogen (secondary N) is 1. The van der Waals surface area contributed by atoms with Gasteiger partial charge in [0.25, 0.3) is 0 Å². The number of aliphatic carboxylic acids is 1. The number of hydrogen-bond acceptors (Lipinski definition) is 4. The number of rotatable bonds is 7. The van der Waals surface area contributed by atoms with Crippen molar-refractivity contribution in [2.75, 3.05) is 13.6 Å². The van der Waals surface area contributed by atoms with E-state index in [1.54, 1.807) is 14.0 Å². The normalized spacial score (nSPS) is 13.6. The molecule has 0 aliphatic carbocycles. The van der Waals surface area contributed by atoms with Gasteiger partial charge in [0.05, 0.1) is 6.04 Å². The van der Waals surface area contributed by atoms with E-state index in [9.17, 15) is 14.4 Å². The molecule has 0 radical (unpaired) electrons. The second-order valence-corrected chi connectivity index (χ2v) is 4.12. The molecule has 2 amide bonds. The van der Waals surface area contributed by atoms with E-state index in [0.717, 1.165) is 0 Å². The van der Waals surface area contributed by atoms with Gasteiger partial charge in [-0.3, -0.25) is 14.4 Å². The quantitative estimate of drug-likeness (QED) is 0.552. The van der Waals surface area contributed by atoms with Crippen LogP contribution in [0.15, 0.2) is 0 Å².